The Morgan fingerprint density at radius 3 is 2.67 bits per heavy atom. The van der Waals surface area contributed by atoms with Gasteiger partial charge in [0.1, 0.15) is 5.82 Å². The first-order valence-electron chi connectivity index (χ1n) is 6.46. The van der Waals surface area contributed by atoms with Crippen molar-refractivity contribution in [2.24, 2.45) is 0 Å². The third kappa shape index (κ3) is 3.21. The molecule has 1 aromatic heterocycles. The molecule has 0 saturated heterocycles. The quantitative estimate of drug-likeness (QED) is 0.774. The summed E-state index contributed by atoms with van der Waals surface area (Å²) in [4.78, 5) is 0.117. The molecule has 0 aliphatic heterocycles. The van der Waals surface area contributed by atoms with Crippen molar-refractivity contribution in [3.63, 3.8) is 0 Å². The SMILES string of the molecule is O=S(=O)(c1ccc(F)cc1Br)N(Cc1ccsc1)C1CC1. The predicted octanol–water partition coefficient (Wildman–Crippen LogP) is 4.00. The molecule has 0 unspecified atom stereocenters. The van der Waals surface area contributed by atoms with E-state index in [1.165, 1.54) is 22.5 Å². The monoisotopic (exact) mass is 389 g/mol. The van der Waals surface area contributed by atoms with Crippen LogP contribution in [0.1, 0.15) is 18.4 Å². The molecule has 21 heavy (non-hydrogen) atoms. The second-order valence-corrected chi connectivity index (χ2v) is 8.48. The van der Waals surface area contributed by atoms with Crippen LogP contribution >= 0.6 is 27.3 Å². The van der Waals surface area contributed by atoms with E-state index < -0.39 is 15.8 Å². The van der Waals surface area contributed by atoms with Crippen molar-refractivity contribution in [2.75, 3.05) is 0 Å². The molecule has 0 spiro atoms. The van der Waals surface area contributed by atoms with Gasteiger partial charge in [-0.25, -0.2) is 12.8 Å². The average molecular weight is 390 g/mol. The van der Waals surface area contributed by atoms with E-state index in [0.717, 1.165) is 18.4 Å². The third-order valence-electron chi connectivity index (χ3n) is 3.35. The van der Waals surface area contributed by atoms with Crippen molar-refractivity contribution < 1.29 is 12.8 Å². The summed E-state index contributed by atoms with van der Waals surface area (Å²) in [5, 5.41) is 3.88. The van der Waals surface area contributed by atoms with Crippen LogP contribution in [0, 0.1) is 5.82 Å². The van der Waals surface area contributed by atoms with Crippen LogP contribution in [-0.2, 0) is 16.6 Å². The Morgan fingerprint density at radius 1 is 1.33 bits per heavy atom. The maximum atomic E-state index is 13.2. The van der Waals surface area contributed by atoms with Gasteiger partial charge in [0.05, 0.1) is 4.90 Å². The Labute approximate surface area is 135 Å². The van der Waals surface area contributed by atoms with E-state index in [2.05, 4.69) is 15.9 Å². The maximum Gasteiger partial charge on any atom is 0.244 e. The van der Waals surface area contributed by atoms with E-state index in [0.29, 0.717) is 6.54 Å². The van der Waals surface area contributed by atoms with Crippen molar-refractivity contribution in [3.8, 4) is 0 Å². The molecule has 7 heteroatoms. The van der Waals surface area contributed by atoms with Gasteiger partial charge in [-0.3, -0.25) is 0 Å². The van der Waals surface area contributed by atoms with Crippen molar-refractivity contribution >= 4 is 37.3 Å². The first-order valence-corrected chi connectivity index (χ1v) is 9.64. The van der Waals surface area contributed by atoms with E-state index >= 15 is 0 Å². The number of hydrogen-bond donors (Lipinski definition) is 0. The van der Waals surface area contributed by atoms with Gasteiger partial charge in [0.15, 0.2) is 0 Å². The number of hydrogen-bond acceptors (Lipinski definition) is 3. The largest absolute Gasteiger partial charge is 0.244 e. The van der Waals surface area contributed by atoms with Crippen LogP contribution in [-0.4, -0.2) is 18.8 Å². The first kappa shape index (κ1) is 15.1. The van der Waals surface area contributed by atoms with Gasteiger partial charge in [0, 0.05) is 17.1 Å². The highest BCUT2D eigenvalue weighted by molar-refractivity contribution is 9.10. The van der Waals surface area contributed by atoms with Crippen molar-refractivity contribution in [1.29, 1.82) is 0 Å². The molecule has 1 aromatic carbocycles. The Morgan fingerprint density at radius 2 is 2.10 bits per heavy atom. The lowest BCUT2D eigenvalue weighted by Crippen LogP contribution is -2.32. The zero-order valence-electron chi connectivity index (χ0n) is 11.0. The number of nitrogens with zero attached hydrogens (tertiary/aromatic N) is 1. The fourth-order valence-electron chi connectivity index (χ4n) is 2.15. The van der Waals surface area contributed by atoms with Gasteiger partial charge in [0.25, 0.3) is 0 Å². The standard InChI is InChI=1S/C14H13BrFNO2S2/c15-13-7-11(16)1-4-14(13)21(18,19)17(12-2-3-12)8-10-5-6-20-9-10/h1,4-7,9,12H,2-3,8H2. The van der Waals surface area contributed by atoms with Gasteiger partial charge in [-0.2, -0.15) is 15.6 Å². The lowest BCUT2D eigenvalue weighted by Gasteiger charge is -2.22. The van der Waals surface area contributed by atoms with Crippen molar-refractivity contribution in [3.05, 3.63) is 50.9 Å². The minimum absolute atomic E-state index is 0.0480. The zero-order chi connectivity index (χ0) is 15.0. The summed E-state index contributed by atoms with van der Waals surface area (Å²) in [5.74, 6) is -0.461. The molecule has 0 amide bonds. The van der Waals surface area contributed by atoms with Crippen LogP contribution in [0.2, 0.25) is 0 Å². The molecular weight excluding hydrogens is 377 g/mol. The normalized spacial score (nSPS) is 15.6. The molecule has 0 N–H and O–H groups in total. The van der Waals surface area contributed by atoms with E-state index in [1.54, 1.807) is 11.3 Å². The van der Waals surface area contributed by atoms with Crippen LogP contribution < -0.4 is 0 Å². The van der Waals surface area contributed by atoms with E-state index in [-0.39, 0.29) is 15.4 Å². The fourth-order valence-corrected chi connectivity index (χ4v) is 5.49. The third-order valence-corrected chi connectivity index (χ3v) is 6.96. The smallest absolute Gasteiger partial charge is 0.207 e. The van der Waals surface area contributed by atoms with E-state index in [1.807, 2.05) is 16.8 Å². The highest BCUT2D eigenvalue weighted by Gasteiger charge is 2.38. The Kier molecular flexibility index (Phi) is 4.18. The van der Waals surface area contributed by atoms with E-state index in [4.69, 9.17) is 0 Å². The Hall–Kier alpha value is -0.760. The number of sulfonamides is 1. The molecule has 1 aliphatic carbocycles. The van der Waals surface area contributed by atoms with Gasteiger partial charge in [-0.15, -0.1) is 0 Å². The molecule has 1 saturated carbocycles. The number of rotatable bonds is 5. The topological polar surface area (TPSA) is 37.4 Å². The average Bonchev–Trinajstić information content (AvgIpc) is 3.11. The van der Waals surface area contributed by atoms with Gasteiger partial charge < -0.3 is 0 Å². The molecule has 1 fully saturated rings. The van der Waals surface area contributed by atoms with Gasteiger partial charge in [-0.1, -0.05) is 0 Å². The highest BCUT2D eigenvalue weighted by atomic mass is 79.9. The number of halogens is 2. The molecule has 2 aromatic rings. The number of benzene rings is 1. The molecule has 1 heterocycles. The summed E-state index contributed by atoms with van der Waals surface area (Å²) >= 11 is 4.70. The van der Waals surface area contributed by atoms with Gasteiger partial charge >= 0.3 is 0 Å². The molecule has 1 aliphatic rings. The molecule has 3 nitrogen and oxygen atoms in total. The maximum absolute atomic E-state index is 13.2. The molecule has 112 valence electrons. The minimum atomic E-state index is -3.64. The minimum Gasteiger partial charge on any atom is -0.207 e. The molecular formula is C14H13BrFNO2S2. The van der Waals surface area contributed by atoms with Crippen LogP contribution in [0.25, 0.3) is 0 Å². The highest BCUT2D eigenvalue weighted by Crippen LogP contribution is 2.36. The van der Waals surface area contributed by atoms with Gasteiger partial charge in [-0.05, 0) is 69.4 Å². The molecule has 0 radical (unpaired) electrons. The summed E-state index contributed by atoms with van der Waals surface area (Å²) in [5.41, 5.74) is 0.980. The first-order chi connectivity index (χ1) is 9.98. The van der Waals surface area contributed by atoms with Crippen LogP contribution in [0.5, 0.6) is 0 Å². The van der Waals surface area contributed by atoms with Crippen molar-refractivity contribution in [2.45, 2.75) is 30.3 Å². The second-order valence-electron chi connectivity index (χ2n) is 4.99. The van der Waals surface area contributed by atoms with Crippen LogP contribution in [0.4, 0.5) is 4.39 Å². The number of thiophene rings is 1. The second kappa shape index (κ2) is 5.79. The van der Waals surface area contributed by atoms with Crippen LogP contribution in [0.3, 0.4) is 0 Å². The summed E-state index contributed by atoms with van der Waals surface area (Å²) < 4.78 is 40.7. The summed E-state index contributed by atoms with van der Waals surface area (Å²) in [6.45, 7) is 0.361. The summed E-state index contributed by atoms with van der Waals surface area (Å²) in [6, 6.07) is 5.65. The van der Waals surface area contributed by atoms with Crippen LogP contribution in [0.15, 0.2) is 44.4 Å². The summed E-state index contributed by atoms with van der Waals surface area (Å²) in [7, 11) is -3.64. The summed E-state index contributed by atoms with van der Waals surface area (Å²) in [6.07, 6.45) is 1.75. The molecule has 0 bridgehead atoms. The fraction of sp³-hybridized carbons (Fsp3) is 0.286. The lowest BCUT2D eigenvalue weighted by molar-refractivity contribution is 0.398. The van der Waals surface area contributed by atoms with E-state index in [9.17, 15) is 12.8 Å². The Balaban J connectivity index is 1.97. The predicted molar refractivity (Wildman–Crippen MR) is 84.2 cm³/mol. The zero-order valence-corrected chi connectivity index (χ0v) is 14.2. The molecule has 0 atom stereocenters. The van der Waals surface area contributed by atoms with Gasteiger partial charge in [0.2, 0.25) is 10.0 Å². The lowest BCUT2D eigenvalue weighted by atomic mass is 10.3. The Bertz CT molecular complexity index is 742. The molecule has 3 rings (SSSR count). The van der Waals surface area contributed by atoms with Crippen molar-refractivity contribution in [1.82, 2.24) is 4.31 Å².